The second-order valence-electron chi connectivity index (χ2n) is 5.97. The van der Waals surface area contributed by atoms with Crippen molar-refractivity contribution in [2.24, 2.45) is 0 Å². The maximum atomic E-state index is 6.00. The molecule has 0 bridgehead atoms. The van der Waals surface area contributed by atoms with Crippen LogP contribution in [0.1, 0.15) is 38.2 Å². The molecule has 0 amide bonds. The molecule has 0 spiro atoms. The van der Waals surface area contributed by atoms with E-state index in [9.17, 15) is 0 Å². The molecule has 1 aliphatic rings. The first-order chi connectivity index (χ1) is 11.2. The van der Waals surface area contributed by atoms with E-state index in [0.717, 1.165) is 35.1 Å². The largest absolute Gasteiger partial charge is 0.352 e. The van der Waals surface area contributed by atoms with Crippen LogP contribution in [0.15, 0.2) is 24.4 Å². The van der Waals surface area contributed by atoms with Crippen LogP contribution in [0, 0.1) is 6.92 Å². The number of halogens is 1. The molecule has 1 aliphatic heterocycles. The van der Waals surface area contributed by atoms with Gasteiger partial charge in [0.25, 0.3) is 0 Å². The molecule has 1 fully saturated rings. The number of hydrogen-bond donors (Lipinski definition) is 1. The minimum Gasteiger partial charge on any atom is -0.352 e. The van der Waals surface area contributed by atoms with Gasteiger partial charge in [0.2, 0.25) is 5.95 Å². The molecule has 5 nitrogen and oxygen atoms in total. The van der Waals surface area contributed by atoms with Crippen LogP contribution in [-0.4, -0.2) is 27.8 Å². The maximum absolute atomic E-state index is 6.00. The van der Waals surface area contributed by atoms with Gasteiger partial charge in [-0.05, 0) is 56.4 Å². The quantitative estimate of drug-likeness (QED) is 0.902. The van der Waals surface area contributed by atoms with Crippen molar-refractivity contribution in [2.45, 2.75) is 45.6 Å². The summed E-state index contributed by atoms with van der Waals surface area (Å²) in [4.78, 5) is 7.02. The summed E-state index contributed by atoms with van der Waals surface area (Å²) in [7, 11) is 0. The summed E-state index contributed by atoms with van der Waals surface area (Å²) in [6.45, 7) is 5.27. The summed E-state index contributed by atoms with van der Waals surface area (Å²) < 4.78 is 0. The molecule has 1 N–H and O–H groups in total. The third-order valence-corrected chi connectivity index (χ3v) is 4.61. The van der Waals surface area contributed by atoms with Gasteiger partial charge in [-0.15, -0.1) is 5.10 Å². The Morgan fingerprint density at radius 2 is 2.22 bits per heavy atom. The van der Waals surface area contributed by atoms with Crippen molar-refractivity contribution in [1.29, 1.82) is 0 Å². The number of nitrogens with one attached hydrogen (secondary N) is 1. The van der Waals surface area contributed by atoms with Gasteiger partial charge in [-0.3, -0.25) is 0 Å². The molecule has 6 heteroatoms. The normalized spacial score (nSPS) is 18.0. The molecule has 23 heavy (non-hydrogen) atoms. The Morgan fingerprint density at radius 3 is 3.00 bits per heavy atom. The average Bonchev–Trinajstić information content (AvgIpc) is 2.58. The number of nitrogens with zero attached hydrogens (tertiary/aromatic N) is 4. The fraction of sp³-hybridized carbons (Fsp3) is 0.471. The fourth-order valence-corrected chi connectivity index (χ4v) is 3.33. The molecule has 3 rings (SSSR count). The van der Waals surface area contributed by atoms with E-state index < -0.39 is 0 Å². The van der Waals surface area contributed by atoms with E-state index in [1.165, 1.54) is 19.3 Å². The number of anilines is 3. The average molecular weight is 332 g/mol. The minimum absolute atomic E-state index is 0.522. The van der Waals surface area contributed by atoms with Gasteiger partial charge in [-0.1, -0.05) is 18.5 Å². The molecular weight excluding hydrogens is 310 g/mol. The van der Waals surface area contributed by atoms with Crippen molar-refractivity contribution in [2.75, 3.05) is 16.8 Å². The van der Waals surface area contributed by atoms with Gasteiger partial charge in [-0.25, -0.2) is 0 Å². The topological polar surface area (TPSA) is 53.9 Å². The Kier molecular flexibility index (Phi) is 4.96. The molecule has 1 saturated heterocycles. The summed E-state index contributed by atoms with van der Waals surface area (Å²) in [5.41, 5.74) is 2.00. The van der Waals surface area contributed by atoms with Gasteiger partial charge in [0.05, 0.1) is 6.20 Å². The minimum atomic E-state index is 0.522. The highest BCUT2D eigenvalue weighted by atomic mass is 35.5. The predicted molar refractivity (Wildman–Crippen MR) is 94.6 cm³/mol. The zero-order valence-corrected chi connectivity index (χ0v) is 14.3. The van der Waals surface area contributed by atoms with Crippen LogP contribution in [0.3, 0.4) is 0 Å². The van der Waals surface area contributed by atoms with E-state index in [1.54, 1.807) is 6.20 Å². The number of aromatic nitrogens is 3. The van der Waals surface area contributed by atoms with Gasteiger partial charge in [0.1, 0.15) is 0 Å². The first-order valence-electron chi connectivity index (χ1n) is 8.17. The van der Waals surface area contributed by atoms with Crippen molar-refractivity contribution in [3.8, 4) is 0 Å². The van der Waals surface area contributed by atoms with E-state index >= 15 is 0 Å². The highest BCUT2D eigenvalue weighted by molar-refractivity contribution is 6.30. The Labute approximate surface area is 142 Å². The van der Waals surface area contributed by atoms with Crippen LogP contribution in [0.2, 0.25) is 5.02 Å². The highest BCUT2D eigenvalue weighted by Crippen LogP contribution is 2.26. The van der Waals surface area contributed by atoms with Gasteiger partial charge >= 0.3 is 0 Å². The third-order valence-electron chi connectivity index (χ3n) is 4.37. The highest BCUT2D eigenvalue weighted by Gasteiger charge is 2.22. The lowest BCUT2D eigenvalue weighted by atomic mass is 10.0. The lowest BCUT2D eigenvalue weighted by Crippen LogP contribution is -2.39. The van der Waals surface area contributed by atoms with Gasteiger partial charge in [-0.2, -0.15) is 10.1 Å². The van der Waals surface area contributed by atoms with E-state index in [4.69, 9.17) is 11.6 Å². The van der Waals surface area contributed by atoms with E-state index in [1.807, 2.05) is 25.1 Å². The fourth-order valence-electron chi connectivity index (χ4n) is 3.10. The number of benzene rings is 1. The zero-order chi connectivity index (χ0) is 16.2. The first kappa shape index (κ1) is 16.0. The molecule has 122 valence electrons. The van der Waals surface area contributed by atoms with Crippen LogP contribution in [0.5, 0.6) is 0 Å². The lowest BCUT2D eigenvalue weighted by Gasteiger charge is -2.35. The smallest absolute Gasteiger partial charge is 0.249 e. The monoisotopic (exact) mass is 331 g/mol. The van der Waals surface area contributed by atoms with Crippen molar-refractivity contribution < 1.29 is 0 Å². The molecule has 1 atom stereocenters. The molecule has 1 unspecified atom stereocenters. The SMILES string of the molecule is CCC1CCCCN1c1cnnc(Nc2ccc(Cl)cc2C)n1. The lowest BCUT2D eigenvalue weighted by molar-refractivity contribution is 0.446. The first-order valence-corrected chi connectivity index (χ1v) is 8.54. The Bertz CT molecular complexity index is 676. The van der Waals surface area contributed by atoms with Crippen molar-refractivity contribution >= 4 is 29.1 Å². The van der Waals surface area contributed by atoms with Crippen LogP contribution in [0.4, 0.5) is 17.5 Å². The third kappa shape index (κ3) is 3.72. The van der Waals surface area contributed by atoms with Crippen LogP contribution in [-0.2, 0) is 0 Å². The summed E-state index contributed by atoms with van der Waals surface area (Å²) >= 11 is 6.00. The van der Waals surface area contributed by atoms with Crippen molar-refractivity contribution in [1.82, 2.24) is 15.2 Å². The van der Waals surface area contributed by atoms with Crippen LogP contribution < -0.4 is 10.2 Å². The standard InChI is InChI=1S/C17H22ClN5/c1-3-14-6-4-5-9-23(14)16-11-19-22-17(21-16)20-15-8-7-13(18)10-12(15)2/h7-8,10-11,14H,3-6,9H2,1-2H3,(H,20,21,22). The number of rotatable bonds is 4. The van der Waals surface area contributed by atoms with Gasteiger partial charge in [0, 0.05) is 23.3 Å². The molecule has 0 saturated carbocycles. The second-order valence-corrected chi connectivity index (χ2v) is 6.41. The Balaban J connectivity index is 1.82. The molecule has 0 radical (unpaired) electrons. The molecule has 1 aromatic carbocycles. The van der Waals surface area contributed by atoms with Gasteiger partial charge in [0.15, 0.2) is 5.82 Å². The summed E-state index contributed by atoms with van der Waals surface area (Å²) in [6, 6.07) is 6.25. The summed E-state index contributed by atoms with van der Waals surface area (Å²) in [5, 5.41) is 12.2. The molecule has 2 aromatic rings. The molecule has 1 aromatic heterocycles. The van der Waals surface area contributed by atoms with E-state index in [-0.39, 0.29) is 0 Å². The van der Waals surface area contributed by atoms with Gasteiger partial charge < -0.3 is 10.2 Å². The van der Waals surface area contributed by atoms with Crippen molar-refractivity contribution in [3.05, 3.63) is 35.0 Å². The number of piperidine rings is 1. The van der Waals surface area contributed by atoms with E-state index in [2.05, 4.69) is 32.3 Å². The molecular formula is C17H22ClN5. The Morgan fingerprint density at radius 1 is 1.35 bits per heavy atom. The van der Waals surface area contributed by atoms with Crippen molar-refractivity contribution in [3.63, 3.8) is 0 Å². The summed E-state index contributed by atoms with van der Waals surface area (Å²) in [6.07, 6.45) is 6.61. The molecule has 0 aliphatic carbocycles. The number of hydrogen-bond acceptors (Lipinski definition) is 5. The van der Waals surface area contributed by atoms with Crippen LogP contribution >= 0.6 is 11.6 Å². The molecule has 2 heterocycles. The number of aryl methyl sites for hydroxylation is 1. The Hall–Kier alpha value is -1.88. The van der Waals surface area contributed by atoms with Crippen LogP contribution in [0.25, 0.3) is 0 Å². The zero-order valence-electron chi connectivity index (χ0n) is 13.6. The maximum Gasteiger partial charge on any atom is 0.249 e. The second kappa shape index (κ2) is 7.13. The predicted octanol–water partition coefficient (Wildman–Crippen LogP) is 4.35. The van der Waals surface area contributed by atoms with E-state index in [0.29, 0.717) is 12.0 Å². The summed E-state index contributed by atoms with van der Waals surface area (Å²) in [5.74, 6) is 1.43.